The normalized spacial score (nSPS) is 9.42. The lowest BCUT2D eigenvalue weighted by Crippen LogP contribution is -1.87. The molecular formula is C10H11NO. The molecule has 0 unspecified atom stereocenters. The zero-order chi connectivity index (χ0) is 9.14. The van der Waals surface area contributed by atoms with Gasteiger partial charge in [0.2, 0.25) is 0 Å². The molecule has 0 aliphatic carbocycles. The number of aldehydes is 1. The van der Waals surface area contributed by atoms with Crippen molar-refractivity contribution in [1.29, 1.82) is 0 Å². The van der Waals surface area contributed by atoms with E-state index in [1.807, 2.05) is 13.8 Å². The zero-order valence-corrected chi connectivity index (χ0v) is 7.27. The monoisotopic (exact) mass is 161 g/mol. The van der Waals surface area contributed by atoms with Gasteiger partial charge in [-0.05, 0) is 24.5 Å². The summed E-state index contributed by atoms with van der Waals surface area (Å²) in [5.41, 5.74) is 3.37. The van der Waals surface area contributed by atoms with E-state index in [1.165, 1.54) is 0 Å². The van der Waals surface area contributed by atoms with Gasteiger partial charge in [-0.2, -0.15) is 0 Å². The predicted molar refractivity (Wildman–Crippen MR) is 48.2 cm³/mol. The second-order valence-electron chi connectivity index (χ2n) is 2.63. The van der Waals surface area contributed by atoms with Crippen molar-refractivity contribution in [3.63, 3.8) is 0 Å². The molecule has 0 saturated heterocycles. The number of hydrogen-bond acceptors (Lipinski definition) is 1. The van der Waals surface area contributed by atoms with Gasteiger partial charge in [0, 0.05) is 0 Å². The van der Waals surface area contributed by atoms with Crippen LogP contribution < -0.4 is 0 Å². The van der Waals surface area contributed by atoms with Crippen molar-refractivity contribution in [2.75, 3.05) is 0 Å². The van der Waals surface area contributed by atoms with E-state index in [0.29, 0.717) is 11.4 Å². The molecule has 0 spiro atoms. The van der Waals surface area contributed by atoms with Crippen molar-refractivity contribution in [1.82, 2.24) is 4.98 Å². The fourth-order valence-corrected chi connectivity index (χ4v) is 1.36. The Hall–Kier alpha value is -1.49. The first-order valence-corrected chi connectivity index (χ1v) is 3.87. The molecule has 1 heterocycles. The Kier molecular flexibility index (Phi) is 2.35. The lowest BCUT2D eigenvalue weighted by atomic mass is 10.1. The van der Waals surface area contributed by atoms with Crippen molar-refractivity contribution in [3.8, 4) is 12.3 Å². The molecule has 0 aliphatic rings. The Morgan fingerprint density at radius 1 is 1.67 bits per heavy atom. The number of hydrogen-bond donors (Lipinski definition) is 1. The largest absolute Gasteiger partial charge is 0.345 e. The van der Waals surface area contributed by atoms with E-state index in [4.69, 9.17) is 6.42 Å². The first kappa shape index (κ1) is 8.61. The van der Waals surface area contributed by atoms with Gasteiger partial charge in [0.25, 0.3) is 0 Å². The molecule has 0 aliphatic heterocycles. The summed E-state index contributed by atoms with van der Waals surface area (Å²) in [6, 6.07) is 0. The van der Waals surface area contributed by atoms with Crippen LogP contribution in [0.5, 0.6) is 0 Å². The molecule has 12 heavy (non-hydrogen) atoms. The first-order chi connectivity index (χ1) is 5.74. The van der Waals surface area contributed by atoms with Crippen molar-refractivity contribution < 1.29 is 4.79 Å². The van der Waals surface area contributed by atoms with Crippen LogP contribution in [0.3, 0.4) is 0 Å². The average Bonchev–Trinajstić information content (AvgIpc) is 2.41. The predicted octanol–water partition coefficient (Wildman–Crippen LogP) is 1.68. The third-order valence-electron chi connectivity index (χ3n) is 2.03. The molecule has 0 atom stereocenters. The number of carbonyl (C=O) groups is 1. The van der Waals surface area contributed by atoms with Gasteiger partial charge in [-0.15, -0.1) is 6.42 Å². The first-order valence-electron chi connectivity index (χ1n) is 3.87. The maximum atomic E-state index is 10.6. The molecule has 1 aromatic heterocycles. The van der Waals surface area contributed by atoms with Gasteiger partial charge in [0.15, 0.2) is 6.29 Å². The van der Waals surface area contributed by atoms with E-state index in [0.717, 1.165) is 23.8 Å². The molecular weight excluding hydrogens is 150 g/mol. The minimum absolute atomic E-state index is 0.614. The number of rotatable bonds is 2. The fraction of sp³-hybridized carbons (Fsp3) is 0.300. The van der Waals surface area contributed by atoms with E-state index in [2.05, 4.69) is 10.9 Å². The van der Waals surface area contributed by atoms with Crippen molar-refractivity contribution in [3.05, 3.63) is 22.5 Å². The number of aromatic nitrogens is 1. The van der Waals surface area contributed by atoms with Crippen LogP contribution in [0.2, 0.25) is 0 Å². The summed E-state index contributed by atoms with van der Waals surface area (Å²) < 4.78 is 0. The average molecular weight is 161 g/mol. The molecule has 0 radical (unpaired) electrons. The summed E-state index contributed by atoms with van der Waals surface area (Å²) in [5.74, 6) is 2.51. The second-order valence-corrected chi connectivity index (χ2v) is 2.63. The Balaban J connectivity index is 3.34. The summed E-state index contributed by atoms with van der Waals surface area (Å²) in [7, 11) is 0. The van der Waals surface area contributed by atoms with E-state index in [1.54, 1.807) is 0 Å². The highest BCUT2D eigenvalue weighted by molar-refractivity contribution is 5.76. The van der Waals surface area contributed by atoms with Gasteiger partial charge in [-0.25, -0.2) is 0 Å². The Labute approximate surface area is 72.0 Å². The minimum atomic E-state index is 0.614. The third kappa shape index (κ3) is 1.14. The quantitative estimate of drug-likeness (QED) is 0.519. The SMILES string of the molecule is C#Cc1[nH]c(C=O)c(CC)c1C. The molecule has 2 nitrogen and oxygen atoms in total. The Bertz CT molecular complexity index is 341. The lowest BCUT2D eigenvalue weighted by Gasteiger charge is -1.93. The highest BCUT2D eigenvalue weighted by Crippen LogP contribution is 2.16. The molecule has 0 amide bonds. The van der Waals surface area contributed by atoms with Gasteiger partial charge in [0.1, 0.15) is 0 Å². The molecule has 0 bridgehead atoms. The van der Waals surface area contributed by atoms with E-state index in [9.17, 15) is 4.79 Å². The van der Waals surface area contributed by atoms with Gasteiger partial charge in [0.05, 0.1) is 11.4 Å². The molecule has 0 fully saturated rings. The molecule has 2 heteroatoms. The fourth-order valence-electron chi connectivity index (χ4n) is 1.36. The van der Waals surface area contributed by atoms with E-state index in [-0.39, 0.29) is 0 Å². The summed E-state index contributed by atoms with van der Waals surface area (Å²) >= 11 is 0. The number of carbonyl (C=O) groups excluding carboxylic acids is 1. The van der Waals surface area contributed by atoms with Crippen LogP contribution in [-0.4, -0.2) is 11.3 Å². The molecule has 0 aromatic carbocycles. The second kappa shape index (κ2) is 3.27. The standard InChI is InChI=1S/C10H11NO/c1-4-8-7(3)9(5-2)11-10(8)6-12/h2,6,11H,4H2,1,3H3. The van der Waals surface area contributed by atoms with Crippen LogP contribution in [0.4, 0.5) is 0 Å². The molecule has 1 aromatic rings. The van der Waals surface area contributed by atoms with Gasteiger partial charge >= 0.3 is 0 Å². The van der Waals surface area contributed by atoms with E-state index >= 15 is 0 Å². The van der Waals surface area contributed by atoms with Crippen LogP contribution in [0.15, 0.2) is 0 Å². The maximum absolute atomic E-state index is 10.6. The molecule has 1 rings (SSSR count). The summed E-state index contributed by atoms with van der Waals surface area (Å²) in [6.45, 7) is 3.93. The third-order valence-corrected chi connectivity index (χ3v) is 2.03. The Morgan fingerprint density at radius 3 is 2.67 bits per heavy atom. The smallest absolute Gasteiger partial charge is 0.166 e. The van der Waals surface area contributed by atoms with Crippen molar-refractivity contribution >= 4 is 6.29 Å². The van der Waals surface area contributed by atoms with Crippen molar-refractivity contribution in [2.45, 2.75) is 20.3 Å². The molecule has 1 N–H and O–H groups in total. The van der Waals surface area contributed by atoms with Crippen LogP contribution in [0.1, 0.15) is 34.2 Å². The van der Waals surface area contributed by atoms with Crippen LogP contribution in [0.25, 0.3) is 0 Å². The number of aromatic amines is 1. The summed E-state index contributed by atoms with van der Waals surface area (Å²) in [4.78, 5) is 13.5. The molecule has 62 valence electrons. The van der Waals surface area contributed by atoms with E-state index < -0.39 is 0 Å². The number of terminal acetylenes is 1. The molecule has 0 saturated carbocycles. The number of nitrogens with one attached hydrogen (secondary N) is 1. The summed E-state index contributed by atoms with van der Waals surface area (Å²) in [5, 5.41) is 0. The topological polar surface area (TPSA) is 32.9 Å². The van der Waals surface area contributed by atoms with Crippen LogP contribution in [-0.2, 0) is 6.42 Å². The highest BCUT2D eigenvalue weighted by Gasteiger charge is 2.09. The van der Waals surface area contributed by atoms with Gasteiger partial charge < -0.3 is 4.98 Å². The Morgan fingerprint density at radius 2 is 2.33 bits per heavy atom. The maximum Gasteiger partial charge on any atom is 0.166 e. The summed E-state index contributed by atoms with van der Waals surface area (Å²) in [6.07, 6.45) is 6.89. The minimum Gasteiger partial charge on any atom is -0.345 e. The van der Waals surface area contributed by atoms with Crippen LogP contribution in [0, 0.1) is 19.3 Å². The highest BCUT2D eigenvalue weighted by atomic mass is 16.1. The van der Waals surface area contributed by atoms with Gasteiger partial charge in [-0.1, -0.05) is 12.8 Å². The number of H-pyrrole nitrogens is 1. The van der Waals surface area contributed by atoms with Crippen molar-refractivity contribution in [2.24, 2.45) is 0 Å². The zero-order valence-electron chi connectivity index (χ0n) is 7.27. The van der Waals surface area contributed by atoms with Gasteiger partial charge in [-0.3, -0.25) is 4.79 Å². The van der Waals surface area contributed by atoms with Crippen LogP contribution >= 0.6 is 0 Å². The lowest BCUT2D eigenvalue weighted by molar-refractivity contribution is 0.111.